The Morgan fingerprint density at radius 3 is 2.83 bits per heavy atom. The van der Waals surface area contributed by atoms with Crippen LogP contribution < -0.4 is 5.73 Å². The van der Waals surface area contributed by atoms with E-state index in [4.69, 9.17) is 17.3 Å². The Morgan fingerprint density at radius 1 is 1.56 bits per heavy atom. The smallest absolute Gasteiger partial charge is 0.0844 e. The summed E-state index contributed by atoms with van der Waals surface area (Å²) in [6.45, 7) is 4.81. The van der Waals surface area contributed by atoms with Gasteiger partial charge >= 0.3 is 0 Å². The molecule has 1 aliphatic rings. The van der Waals surface area contributed by atoms with Crippen LogP contribution in [0, 0.1) is 19.8 Å². The second kappa shape index (κ2) is 5.19. The third kappa shape index (κ3) is 2.42. The third-order valence-corrected chi connectivity index (χ3v) is 4.83. The average Bonchev–Trinajstić information content (AvgIpc) is 2.84. The molecular formula is C13H22ClN3O. The topological polar surface area (TPSA) is 64.1 Å². The highest BCUT2D eigenvalue weighted by atomic mass is 35.5. The normalized spacial score (nSPS) is 27.9. The predicted molar refractivity (Wildman–Crippen MR) is 72.7 cm³/mol. The summed E-state index contributed by atoms with van der Waals surface area (Å²) < 4.78 is 1.95. The predicted octanol–water partition coefficient (Wildman–Crippen LogP) is 2.03. The van der Waals surface area contributed by atoms with Gasteiger partial charge in [0.05, 0.1) is 23.0 Å². The fourth-order valence-corrected chi connectivity index (χ4v) is 3.12. The molecule has 0 bridgehead atoms. The molecule has 0 amide bonds. The number of halogens is 1. The van der Waals surface area contributed by atoms with Crippen LogP contribution in [0.1, 0.15) is 37.1 Å². The van der Waals surface area contributed by atoms with Crippen molar-refractivity contribution in [1.82, 2.24) is 9.78 Å². The zero-order valence-corrected chi connectivity index (χ0v) is 11.9. The number of aliphatic hydroxyl groups excluding tert-OH is 1. The first-order valence-electron chi connectivity index (χ1n) is 6.57. The SMILES string of the molecule is Cc1nn(CCC2CCCC2(N)CO)c(C)c1Cl. The van der Waals surface area contributed by atoms with Gasteiger partial charge in [0.1, 0.15) is 0 Å². The Hall–Kier alpha value is -0.580. The lowest BCUT2D eigenvalue weighted by Gasteiger charge is -2.29. The Morgan fingerprint density at radius 2 is 2.28 bits per heavy atom. The fraction of sp³-hybridized carbons (Fsp3) is 0.769. The molecule has 5 heteroatoms. The maximum absolute atomic E-state index is 9.43. The Balaban J connectivity index is 2.01. The highest BCUT2D eigenvalue weighted by Crippen LogP contribution is 2.36. The molecule has 102 valence electrons. The van der Waals surface area contributed by atoms with E-state index < -0.39 is 0 Å². The van der Waals surface area contributed by atoms with Gasteiger partial charge in [0.2, 0.25) is 0 Å². The summed E-state index contributed by atoms with van der Waals surface area (Å²) in [6, 6.07) is 0. The van der Waals surface area contributed by atoms with E-state index in [1.807, 2.05) is 18.5 Å². The fourth-order valence-electron chi connectivity index (χ4n) is 2.98. The molecule has 0 aliphatic heterocycles. The highest BCUT2D eigenvalue weighted by molar-refractivity contribution is 6.31. The number of nitrogens with two attached hydrogens (primary N) is 1. The van der Waals surface area contributed by atoms with Crippen molar-refractivity contribution in [3.8, 4) is 0 Å². The van der Waals surface area contributed by atoms with Crippen molar-refractivity contribution in [3.05, 3.63) is 16.4 Å². The zero-order valence-electron chi connectivity index (χ0n) is 11.1. The molecule has 3 N–H and O–H groups in total. The first-order chi connectivity index (χ1) is 8.48. The van der Waals surface area contributed by atoms with Gasteiger partial charge in [-0.05, 0) is 39.0 Å². The molecule has 0 radical (unpaired) electrons. The third-order valence-electron chi connectivity index (χ3n) is 4.28. The van der Waals surface area contributed by atoms with E-state index in [-0.39, 0.29) is 12.1 Å². The van der Waals surface area contributed by atoms with Gasteiger partial charge in [-0.2, -0.15) is 5.10 Å². The van der Waals surface area contributed by atoms with E-state index in [9.17, 15) is 5.11 Å². The molecular weight excluding hydrogens is 250 g/mol. The Bertz CT molecular complexity index is 432. The Kier molecular flexibility index (Phi) is 3.99. The van der Waals surface area contributed by atoms with Crippen molar-refractivity contribution in [2.24, 2.45) is 11.7 Å². The van der Waals surface area contributed by atoms with Crippen LogP contribution in [0.5, 0.6) is 0 Å². The van der Waals surface area contributed by atoms with Crippen LogP contribution in [-0.2, 0) is 6.54 Å². The van der Waals surface area contributed by atoms with Gasteiger partial charge in [-0.1, -0.05) is 18.0 Å². The molecule has 1 aliphatic carbocycles. The van der Waals surface area contributed by atoms with E-state index >= 15 is 0 Å². The minimum atomic E-state index is -0.389. The zero-order chi connectivity index (χ0) is 13.3. The number of hydrogen-bond acceptors (Lipinski definition) is 3. The van der Waals surface area contributed by atoms with Gasteiger partial charge in [0, 0.05) is 12.1 Å². The van der Waals surface area contributed by atoms with Gasteiger partial charge in [0.15, 0.2) is 0 Å². The van der Waals surface area contributed by atoms with E-state index in [0.29, 0.717) is 5.92 Å². The largest absolute Gasteiger partial charge is 0.394 e. The van der Waals surface area contributed by atoms with Gasteiger partial charge < -0.3 is 10.8 Å². The first-order valence-corrected chi connectivity index (χ1v) is 6.95. The summed E-state index contributed by atoms with van der Waals surface area (Å²) in [4.78, 5) is 0. The molecule has 1 heterocycles. The van der Waals surface area contributed by atoms with E-state index in [1.165, 1.54) is 0 Å². The summed E-state index contributed by atoms with van der Waals surface area (Å²) in [5.74, 6) is 0.380. The standard InChI is InChI=1S/C13H22ClN3O/c1-9-12(14)10(2)17(16-9)7-5-11-4-3-6-13(11,15)8-18/h11,18H,3-8,15H2,1-2H3. The average molecular weight is 272 g/mol. The lowest BCUT2D eigenvalue weighted by Crippen LogP contribution is -2.47. The van der Waals surface area contributed by atoms with Crippen molar-refractivity contribution < 1.29 is 5.11 Å². The maximum Gasteiger partial charge on any atom is 0.0844 e. The van der Waals surface area contributed by atoms with E-state index in [2.05, 4.69) is 5.10 Å². The summed E-state index contributed by atoms with van der Waals surface area (Å²) in [7, 11) is 0. The molecule has 0 aromatic carbocycles. The molecule has 0 spiro atoms. The summed E-state index contributed by atoms with van der Waals surface area (Å²) in [6.07, 6.45) is 4.09. The molecule has 18 heavy (non-hydrogen) atoms. The van der Waals surface area contributed by atoms with Crippen LogP contribution in [0.15, 0.2) is 0 Å². The van der Waals surface area contributed by atoms with Gasteiger partial charge in [-0.3, -0.25) is 4.68 Å². The number of aliphatic hydroxyl groups is 1. The van der Waals surface area contributed by atoms with Crippen LogP contribution in [0.3, 0.4) is 0 Å². The molecule has 1 saturated carbocycles. The number of rotatable bonds is 4. The molecule has 2 rings (SSSR count). The lowest BCUT2D eigenvalue weighted by atomic mass is 9.86. The highest BCUT2D eigenvalue weighted by Gasteiger charge is 2.38. The number of hydrogen-bond donors (Lipinski definition) is 2. The van der Waals surface area contributed by atoms with E-state index in [1.54, 1.807) is 0 Å². The Labute approximate surface area is 113 Å². The summed E-state index contributed by atoms with van der Waals surface area (Å²) in [5.41, 5.74) is 7.73. The van der Waals surface area contributed by atoms with Crippen molar-refractivity contribution in [2.75, 3.05) is 6.61 Å². The first kappa shape index (κ1) is 13.8. The molecule has 2 unspecified atom stereocenters. The van der Waals surface area contributed by atoms with Crippen molar-refractivity contribution in [2.45, 2.75) is 51.6 Å². The summed E-state index contributed by atoms with van der Waals surface area (Å²) >= 11 is 6.13. The minimum absolute atomic E-state index is 0.0789. The summed E-state index contributed by atoms with van der Waals surface area (Å²) in [5, 5.41) is 14.6. The number of aryl methyl sites for hydroxylation is 2. The second-order valence-electron chi connectivity index (χ2n) is 5.48. The minimum Gasteiger partial charge on any atom is -0.394 e. The number of aromatic nitrogens is 2. The monoisotopic (exact) mass is 271 g/mol. The molecule has 1 aromatic heterocycles. The molecule has 4 nitrogen and oxygen atoms in total. The van der Waals surface area contributed by atoms with Gasteiger partial charge in [-0.15, -0.1) is 0 Å². The second-order valence-corrected chi connectivity index (χ2v) is 5.86. The van der Waals surface area contributed by atoms with Crippen LogP contribution in [0.25, 0.3) is 0 Å². The van der Waals surface area contributed by atoms with Crippen molar-refractivity contribution >= 4 is 11.6 Å². The lowest BCUT2D eigenvalue weighted by molar-refractivity contribution is 0.152. The number of nitrogens with zero attached hydrogens (tertiary/aromatic N) is 2. The van der Waals surface area contributed by atoms with Crippen LogP contribution in [-0.4, -0.2) is 27.0 Å². The van der Waals surface area contributed by atoms with Crippen LogP contribution in [0.4, 0.5) is 0 Å². The maximum atomic E-state index is 9.43. The van der Waals surface area contributed by atoms with Crippen LogP contribution >= 0.6 is 11.6 Å². The van der Waals surface area contributed by atoms with Crippen LogP contribution in [0.2, 0.25) is 5.02 Å². The van der Waals surface area contributed by atoms with E-state index in [0.717, 1.165) is 48.6 Å². The molecule has 0 saturated heterocycles. The van der Waals surface area contributed by atoms with Crippen molar-refractivity contribution in [3.63, 3.8) is 0 Å². The molecule has 1 fully saturated rings. The van der Waals surface area contributed by atoms with Crippen molar-refractivity contribution in [1.29, 1.82) is 0 Å². The van der Waals surface area contributed by atoms with Gasteiger partial charge in [-0.25, -0.2) is 0 Å². The van der Waals surface area contributed by atoms with Gasteiger partial charge in [0.25, 0.3) is 0 Å². The molecule has 2 atom stereocenters. The quantitative estimate of drug-likeness (QED) is 0.881. The molecule has 1 aromatic rings.